The molecule has 114 valence electrons. The number of benzene rings is 1. The predicted octanol–water partition coefficient (Wildman–Crippen LogP) is 4.08. The van der Waals surface area contributed by atoms with Crippen LogP contribution in [0.1, 0.15) is 33.8 Å². The second-order valence-corrected chi connectivity index (χ2v) is 6.24. The number of nitrogens with one attached hydrogen (secondary N) is 1. The van der Waals surface area contributed by atoms with E-state index in [1.165, 1.54) is 15.3 Å². The van der Waals surface area contributed by atoms with E-state index in [0.29, 0.717) is 0 Å². The Bertz CT molecular complexity index is 565. The van der Waals surface area contributed by atoms with Gasteiger partial charge < -0.3 is 14.8 Å². The van der Waals surface area contributed by atoms with E-state index in [9.17, 15) is 0 Å². The molecule has 4 heteroatoms. The van der Waals surface area contributed by atoms with Crippen LogP contribution >= 0.6 is 11.3 Å². The van der Waals surface area contributed by atoms with Gasteiger partial charge in [0.1, 0.15) is 11.5 Å². The minimum absolute atomic E-state index is 0.0819. The second-order valence-electron chi connectivity index (χ2n) is 4.95. The van der Waals surface area contributed by atoms with Gasteiger partial charge in [-0.1, -0.05) is 13.0 Å². The van der Waals surface area contributed by atoms with Crippen molar-refractivity contribution in [2.45, 2.75) is 26.8 Å². The summed E-state index contributed by atoms with van der Waals surface area (Å²) in [5.74, 6) is 1.70. The van der Waals surface area contributed by atoms with E-state index in [1.807, 2.05) is 29.5 Å². The number of aryl methyl sites for hydroxylation is 2. The minimum atomic E-state index is 0.0819. The number of methoxy groups -OCH3 is 2. The molecule has 0 amide bonds. The van der Waals surface area contributed by atoms with Crippen LogP contribution in [0.3, 0.4) is 0 Å². The normalized spacial score (nSPS) is 12.2. The largest absolute Gasteiger partial charge is 0.496 e. The Morgan fingerprint density at radius 2 is 1.76 bits per heavy atom. The van der Waals surface area contributed by atoms with Crippen molar-refractivity contribution in [3.05, 3.63) is 45.1 Å². The smallest absolute Gasteiger partial charge is 0.127 e. The van der Waals surface area contributed by atoms with E-state index in [0.717, 1.165) is 23.6 Å². The summed E-state index contributed by atoms with van der Waals surface area (Å²) in [6, 6.07) is 8.25. The monoisotopic (exact) mass is 305 g/mol. The summed E-state index contributed by atoms with van der Waals surface area (Å²) in [5, 5.41) is 3.56. The molecule has 0 bridgehead atoms. The first kappa shape index (κ1) is 15.9. The molecule has 0 fully saturated rings. The van der Waals surface area contributed by atoms with Crippen molar-refractivity contribution < 1.29 is 9.47 Å². The first-order valence-electron chi connectivity index (χ1n) is 7.13. The number of ether oxygens (including phenoxy) is 2. The highest BCUT2D eigenvalue weighted by Crippen LogP contribution is 2.40. The van der Waals surface area contributed by atoms with Crippen LogP contribution in [0, 0.1) is 13.8 Å². The Labute approximate surface area is 130 Å². The van der Waals surface area contributed by atoms with Crippen LogP contribution in [0.4, 0.5) is 0 Å². The molecule has 1 unspecified atom stereocenters. The lowest BCUT2D eigenvalue weighted by Gasteiger charge is -2.22. The van der Waals surface area contributed by atoms with E-state index >= 15 is 0 Å². The van der Waals surface area contributed by atoms with Crippen molar-refractivity contribution in [2.24, 2.45) is 0 Å². The van der Waals surface area contributed by atoms with Crippen molar-refractivity contribution in [1.82, 2.24) is 5.32 Å². The molecule has 2 rings (SSSR count). The third kappa shape index (κ3) is 3.22. The first-order valence-corrected chi connectivity index (χ1v) is 7.95. The van der Waals surface area contributed by atoms with Gasteiger partial charge in [-0.05, 0) is 44.2 Å². The third-order valence-corrected chi connectivity index (χ3v) is 4.85. The van der Waals surface area contributed by atoms with Crippen molar-refractivity contribution in [3.63, 3.8) is 0 Å². The maximum absolute atomic E-state index is 5.56. The van der Waals surface area contributed by atoms with Gasteiger partial charge in [0, 0.05) is 9.75 Å². The fourth-order valence-corrected chi connectivity index (χ4v) is 3.59. The lowest BCUT2D eigenvalue weighted by molar-refractivity contribution is 0.378. The van der Waals surface area contributed by atoms with Crippen molar-refractivity contribution in [3.8, 4) is 11.5 Å². The molecule has 0 spiro atoms. The molecule has 3 nitrogen and oxygen atoms in total. The van der Waals surface area contributed by atoms with Crippen LogP contribution in [0.25, 0.3) is 0 Å². The maximum Gasteiger partial charge on any atom is 0.127 e. The van der Waals surface area contributed by atoms with Crippen LogP contribution in [-0.2, 0) is 0 Å². The molecule has 0 aliphatic carbocycles. The number of rotatable bonds is 6. The van der Waals surface area contributed by atoms with Crippen LogP contribution in [0.2, 0.25) is 0 Å². The van der Waals surface area contributed by atoms with Crippen molar-refractivity contribution in [2.75, 3.05) is 20.8 Å². The van der Waals surface area contributed by atoms with Crippen LogP contribution in [0.15, 0.2) is 24.3 Å². The Kier molecular flexibility index (Phi) is 5.26. The summed E-state index contributed by atoms with van der Waals surface area (Å²) in [6.45, 7) is 7.30. The fraction of sp³-hybridized carbons (Fsp3) is 0.412. The van der Waals surface area contributed by atoms with E-state index in [2.05, 4.69) is 32.2 Å². The number of thiophene rings is 1. The van der Waals surface area contributed by atoms with Gasteiger partial charge in [0.25, 0.3) is 0 Å². The summed E-state index contributed by atoms with van der Waals surface area (Å²) in [7, 11) is 3.40. The molecule has 0 saturated heterocycles. The summed E-state index contributed by atoms with van der Waals surface area (Å²) in [5.41, 5.74) is 2.39. The summed E-state index contributed by atoms with van der Waals surface area (Å²) in [6.07, 6.45) is 0. The molecule has 0 aliphatic rings. The van der Waals surface area contributed by atoms with E-state index in [4.69, 9.17) is 9.47 Å². The highest BCUT2D eigenvalue weighted by molar-refractivity contribution is 7.12. The van der Waals surface area contributed by atoms with Gasteiger partial charge >= 0.3 is 0 Å². The molecule has 1 heterocycles. The molecule has 1 aromatic carbocycles. The molecule has 1 atom stereocenters. The average Bonchev–Trinajstić information content (AvgIpc) is 2.83. The zero-order valence-electron chi connectivity index (χ0n) is 13.3. The standard InChI is InChI=1S/C17H23NO2S/c1-6-18-17(15-10-11(2)12(3)21-15)16-13(19-4)8-7-9-14(16)20-5/h7-10,17-18H,6H2,1-5H3. The van der Waals surface area contributed by atoms with E-state index < -0.39 is 0 Å². The molecule has 0 radical (unpaired) electrons. The van der Waals surface area contributed by atoms with E-state index in [-0.39, 0.29) is 6.04 Å². The quantitative estimate of drug-likeness (QED) is 0.872. The lowest BCUT2D eigenvalue weighted by Crippen LogP contribution is -2.22. The summed E-state index contributed by atoms with van der Waals surface area (Å²) in [4.78, 5) is 2.64. The van der Waals surface area contributed by atoms with Crippen molar-refractivity contribution in [1.29, 1.82) is 0 Å². The molecule has 0 saturated carbocycles. The van der Waals surface area contributed by atoms with Crippen LogP contribution in [0.5, 0.6) is 11.5 Å². The zero-order chi connectivity index (χ0) is 15.4. The average molecular weight is 305 g/mol. The molecule has 21 heavy (non-hydrogen) atoms. The number of hydrogen-bond donors (Lipinski definition) is 1. The Morgan fingerprint density at radius 1 is 1.14 bits per heavy atom. The Hall–Kier alpha value is -1.52. The molecule has 1 N–H and O–H groups in total. The van der Waals surface area contributed by atoms with E-state index in [1.54, 1.807) is 14.2 Å². The molecular formula is C17H23NO2S. The van der Waals surface area contributed by atoms with Gasteiger partial charge in [-0.3, -0.25) is 0 Å². The molecular weight excluding hydrogens is 282 g/mol. The topological polar surface area (TPSA) is 30.5 Å². The molecule has 2 aromatic rings. The van der Waals surface area contributed by atoms with Gasteiger partial charge in [0.15, 0.2) is 0 Å². The first-order chi connectivity index (χ1) is 10.1. The van der Waals surface area contributed by atoms with Gasteiger partial charge in [-0.2, -0.15) is 0 Å². The lowest BCUT2D eigenvalue weighted by atomic mass is 10.0. The van der Waals surface area contributed by atoms with Crippen LogP contribution < -0.4 is 14.8 Å². The van der Waals surface area contributed by atoms with Gasteiger partial charge in [-0.15, -0.1) is 11.3 Å². The predicted molar refractivity (Wildman–Crippen MR) is 88.9 cm³/mol. The maximum atomic E-state index is 5.56. The highest BCUT2D eigenvalue weighted by atomic mass is 32.1. The number of hydrogen-bond acceptors (Lipinski definition) is 4. The second kappa shape index (κ2) is 6.96. The Balaban J connectivity index is 2.57. The SMILES string of the molecule is CCNC(c1cc(C)c(C)s1)c1c(OC)cccc1OC. The molecule has 0 aliphatic heterocycles. The third-order valence-electron chi connectivity index (χ3n) is 3.63. The van der Waals surface area contributed by atoms with Gasteiger partial charge in [0.2, 0.25) is 0 Å². The Morgan fingerprint density at radius 3 is 2.19 bits per heavy atom. The minimum Gasteiger partial charge on any atom is -0.496 e. The zero-order valence-corrected chi connectivity index (χ0v) is 14.1. The fourth-order valence-electron chi connectivity index (χ4n) is 2.46. The summed E-state index contributed by atoms with van der Waals surface area (Å²) < 4.78 is 11.1. The van der Waals surface area contributed by atoms with Crippen LogP contribution in [-0.4, -0.2) is 20.8 Å². The van der Waals surface area contributed by atoms with Gasteiger partial charge in [0.05, 0.1) is 25.8 Å². The summed E-state index contributed by atoms with van der Waals surface area (Å²) >= 11 is 1.82. The van der Waals surface area contributed by atoms with Gasteiger partial charge in [-0.25, -0.2) is 0 Å². The van der Waals surface area contributed by atoms with Crippen molar-refractivity contribution >= 4 is 11.3 Å². The highest BCUT2D eigenvalue weighted by Gasteiger charge is 2.23. The molecule has 1 aromatic heterocycles.